The molecule has 2 amide bonds. The molecule has 2 atom stereocenters. The molecule has 0 unspecified atom stereocenters. The standard InChI is InChI=1S/C16H17N9O5S3.HI/c1-24-16(20-22-23-24)33-4-6-3-31-13-9(12(27)25(13)10(6)14(28)29)19-11(26)8(21-30-2)7-5-32-15(17)18-7;/h5,9,13H,3-4H2,1-2H3,(H2,17,18)(H,19,26)(H,28,29);1H/b21-8-;/t9-,13-;/m1./s1. The molecule has 1 fully saturated rings. The number of oxime groups is 1. The number of nitrogens with one attached hydrogen (secondary N) is 1. The minimum Gasteiger partial charge on any atom is -0.477 e. The minimum absolute atomic E-state index is 0. The number of carboxylic acids is 1. The number of nitrogens with zero attached hydrogens (tertiary/aromatic N) is 7. The van der Waals surface area contributed by atoms with E-state index in [1.54, 1.807) is 12.4 Å². The van der Waals surface area contributed by atoms with E-state index in [2.05, 4.69) is 31.0 Å². The summed E-state index contributed by atoms with van der Waals surface area (Å²) in [6, 6.07) is -0.924. The number of anilines is 1. The number of carboxylic acid groups (broad SMARTS) is 1. The molecular weight excluding hydrogens is 621 g/mol. The Morgan fingerprint density at radius 3 is 2.82 bits per heavy atom. The number of β-lactam (4-membered cyclic amide) rings is 1. The van der Waals surface area contributed by atoms with Gasteiger partial charge in [0.1, 0.15) is 29.9 Å². The number of amides is 2. The Kier molecular flexibility index (Phi) is 8.36. The Bertz CT molecular complexity index is 1180. The van der Waals surface area contributed by atoms with Gasteiger partial charge < -0.3 is 21.0 Å². The summed E-state index contributed by atoms with van der Waals surface area (Å²) in [5, 5.41) is 29.0. The van der Waals surface area contributed by atoms with Crippen LogP contribution in [0.3, 0.4) is 0 Å². The molecule has 34 heavy (non-hydrogen) atoms. The number of fused-ring (bicyclic) bond motifs is 1. The summed E-state index contributed by atoms with van der Waals surface area (Å²) in [7, 11) is 2.95. The van der Waals surface area contributed by atoms with Gasteiger partial charge >= 0.3 is 5.97 Å². The number of aromatic nitrogens is 5. The van der Waals surface area contributed by atoms with Crippen molar-refractivity contribution in [1.29, 1.82) is 0 Å². The Morgan fingerprint density at radius 1 is 1.47 bits per heavy atom. The SMILES string of the molecule is CO/N=C(\C(=O)N[C@@H]1C(=O)N2C(C(=O)O)=C(CSc3nnnn3C)CS[C@H]12)c1csc(N)n1.I. The van der Waals surface area contributed by atoms with Gasteiger partial charge in [0.15, 0.2) is 10.8 Å². The van der Waals surface area contributed by atoms with E-state index in [1.807, 2.05) is 0 Å². The quantitative estimate of drug-likeness (QED) is 0.113. The fourth-order valence-electron chi connectivity index (χ4n) is 3.19. The van der Waals surface area contributed by atoms with E-state index in [4.69, 9.17) is 10.6 Å². The molecule has 4 rings (SSSR count). The molecule has 0 saturated carbocycles. The number of halogens is 1. The van der Waals surface area contributed by atoms with Crippen molar-refractivity contribution in [3.63, 3.8) is 0 Å². The lowest BCUT2D eigenvalue weighted by atomic mass is 10.0. The van der Waals surface area contributed by atoms with Crippen molar-refractivity contribution in [2.75, 3.05) is 24.3 Å². The number of thiazole rings is 1. The highest BCUT2D eigenvalue weighted by Crippen LogP contribution is 2.41. The van der Waals surface area contributed by atoms with E-state index in [0.29, 0.717) is 22.2 Å². The van der Waals surface area contributed by atoms with Crippen molar-refractivity contribution in [3.8, 4) is 0 Å². The van der Waals surface area contributed by atoms with E-state index >= 15 is 0 Å². The Morgan fingerprint density at radius 2 is 2.24 bits per heavy atom. The number of carbonyl (C=O) groups excluding carboxylic acids is 2. The maximum atomic E-state index is 12.9. The predicted octanol–water partition coefficient (Wildman–Crippen LogP) is -0.252. The number of hydrogen-bond donors (Lipinski definition) is 3. The van der Waals surface area contributed by atoms with Gasteiger partial charge in [-0.1, -0.05) is 16.9 Å². The fourth-order valence-corrected chi connectivity index (χ4v) is 6.07. The largest absolute Gasteiger partial charge is 0.477 e. The first-order chi connectivity index (χ1) is 15.8. The van der Waals surface area contributed by atoms with Crippen LogP contribution >= 0.6 is 58.8 Å². The predicted molar refractivity (Wildman–Crippen MR) is 135 cm³/mol. The van der Waals surface area contributed by atoms with Crippen molar-refractivity contribution < 1.29 is 24.3 Å². The van der Waals surface area contributed by atoms with Crippen molar-refractivity contribution in [1.82, 2.24) is 35.4 Å². The van der Waals surface area contributed by atoms with Gasteiger partial charge in [-0.2, -0.15) is 0 Å². The van der Waals surface area contributed by atoms with E-state index in [9.17, 15) is 19.5 Å². The molecule has 2 aromatic rings. The maximum absolute atomic E-state index is 12.9. The number of carbonyl (C=O) groups is 3. The van der Waals surface area contributed by atoms with Crippen molar-refractivity contribution in [3.05, 3.63) is 22.3 Å². The van der Waals surface area contributed by atoms with Gasteiger partial charge in [-0.15, -0.1) is 52.2 Å². The van der Waals surface area contributed by atoms with E-state index < -0.39 is 29.2 Å². The summed E-state index contributed by atoms with van der Waals surface area (Å²) in [6.07, 6.45) is 0. The Hall–Kier alpha value is -2.45. The lowest BCUT2D eigenvalue weighted by Crippen LogP contribution is -2.71. The summed E-state index contributed by atoms with van der Waals surface area (Å²) in [5.41, 5.74) is 6.17. The normalized spacial score (nSPS) is 19.8. The number of aryl methyl sites for hydroxylation is 1. The molecule has 0 bridgehead atoms. The molecular formula is C16H18IN9O5S3. The molecule has 182 valence electrons. The first kappa shape index (κ1) is 26.2. The molecule has 0 aromatic carbocycles. The van der Waals surface area contributed by atoms with Gasteiger partial charge in [0, 0.05) is 23.9 Å². The van der Waals surface area contributed by atoms with Gasteiger partial charge in [-0.05, 0) is 16.0 Å². The lowest BCUT2D eigenvalue weighted by Gasteiger charge is -2.49. The molecule has 2 aliphatic rings. The molecule has 0 radical (unpaired) electrons. The molecule has 0 spiro atoms. The second-order valence-corrected chi connectivity index (χ2v) is 9.62. The third kappa shape index (κ3) is 4.98. The third-order valence-electron chi connectivity index (χ3n) is 4.66. The maximum Gasteiger partial charge on any atom is 0.352 e. The molecule has 4 N–H and O–H groups in total. The lowest BCUT2D eigenvalue weighted by molar-refractivity contribution is -0.150. The monoisotopic (exact) mass is 639 g/mol. The van der Waals surface area contributed by atoms with Crippen molar-refractivity contribution >= 4 is 87.5 Å². The highest BCUT2D eigenvalue weighted by Gasteiger charge is 2.54. The van der Waals surface area contributed by atoms with Gasteiger partial charge in [0.2, 0.25) is 5.16 Å². The van der Waals surface area contributed by atoms with Crippen LogP contribution in [0.1, 0.15) is 5.69 Å². The van der Waals surface area contributed by atoms with Crippen LogP contribution in [-0.2, 0) is 26.3 Å². The average Bonchev–Trinajstić information content (AvgIpc) is 3.40. The van der Waals surface area contributed by atoms with Crippen LogP contribution in [0.25, 0.3) is 0 Å². The molecule has 2 aliphatic heterocycles. The van der Waals surface area contributed by atoms with Gasteiger partial charge in [0.05, 0.1) is 0 Å². The molecule has 1 saturated heterocycles. The second-order valence-electron chi connectivity index (χ2n) is 6.69. The van der Waals surface area contributed by atoms with Crippen molar-refractivity contribution in [2.45, 2.75) is 16.6 Å². The van der Waals surface area contributed by atoms with Crippen LogP contribution in [0.15, 0.2) is 27.0 Å². The topological polar surface area (TPSA) is 191 Å². The zero-order valence-electron chi connectivity index (χ0n) is 17.6. The van der Waals surface area contributed by atoms with Gasteiger partial charge in [-0.3, -0.25) is 14.5 Å². The average molecular weight is 639 g/mol. The summed E-state index contributed by atoms with van der Waals surface area (Å²) in [4.78, 5) is 47.6. The first-order valence-electron chi connectivity index (χ1n) is 9.20. The zero-order valence-corrected chi connectivity index (χ0v) is 22.3. The Balaban J connectivity index is 0.00000324. The van der Waals surface area contributed by atoms with E-state index in [1.165, 1.54) is 40.2 Å². The Labute approximate surface area is 221 Å². The van der Waals surface area contributed by atoms with Crippen LogP contribution in [0.5, 0.6) is 0 Å². The smallest absolute Gasteiger partial charge is 0.352 e. The molecule has 2 aromatic heterocycles. The number of aliphatic carboxylic acids is 1. The summed E-state index contributed by atoms with van der Waals surface area (Å²) >= 11 is 3.75. The minimum atomic E-state index is -1.22. The fraction of sp³-hybridized carbons (Fsp3) is 0.375. The highest BCUT2D eigenvalue weighted by molar-refractivity contribution is 14.0. The summed E-state index contributed by atoms with van der Waals surface area (Å²) in [5.74, 6) is -1.77. The first-order valence-corrected chi connectivity index (χ1v) is 12.1. The van der Waals surface area contributed by atoms with E-state index in [-0.39, 0.29) is 46.2 Å². The molecule has 0 aliphatic carbocycles. The van der Waals surface area contributed by atoms with Gasteiger partial charge in [0.25, 0.3) is 11.8 Å². The molecule has 14 nitrogen and oxygen atoms in total. The van der Waals surface area contributed by atoms with Crippen LogP contribution in [0.4, 0.5) is 5.13 Å². The summed E-state index contributed by atoms with van der Waals surface area (Å²) in [6.45, 7) is 0. The summed E-state index contributed by atoms with van der Waals surface area (Å²) < 4.78 is 1.47. The number of nitrogen functional groups attached to an aromatic ring is 1. The molecule has 4 heterocycles. The van der Waals surface area contributed by atoms with E-state index in [0.717, 1.165) is 11.3 Å². The number of thioether (sulfide) groups is 2. The highest BCUT2D eigenvalue weighted by atomic mass is 127. The second kappa shape index (κ2) is 10.9. The number of rotatable bonds is 8. The molecule has 18 heteroatoms. The van der Waals surface area contributed by atoms with Crippen LogP contribution in [0.2, 0.25) is 0 Å². The zero-order chi connectivity index (χ0) is 23.7. The van der Waals surface area contributed by atoms with Gasteiger partial charge in [-0.25, -0.2) is 14.5 Å². The number of hydrogen-bond acceptors (Lipinski definition) is 13. The van der Waals surface area contributed by atoms with Crippen molar-refractivity contribution in [2.24, 2.45) is 12.2 Å². The number of nitrogens with two attached hydrogens (primary N) is 1. The van der Waals surface area contributed by atoms with Crippen LogP contribution in [0, 0.1) is 0 Å². The van der Waals surface area contributed by atoms with Crippen LogP contribution < -0.4 is 11.1 Å². The third-order valence-corrected chi connectivity index (χ3v) is 7.77. The number of tetrazole rings is 1. The van der Waals surface area contributed by atoms with Crippen LogP contribution in [-0.4, -0.2) is 88.7 Å².